The lowest BCUT2D eigenvalue weighted by Gasteiger charge is -2.41. The number of nitrogens with two attached hydrogens (primary N) is 1. The van der Waals surface area contributed by atoms with Gasteiger partial charge in [0.05, 0.1) is 0 Å². The highest BCUT2D eigenvalue weighted by Crippen LogP contribution is 2.27. The van der Waals surface area contributed by atoms with Gasteiger partial charge in [-0.05, 0) is 36.8 Å². The molecule has 2 saturated heterocycles. The van der Waals surface area contributed by atoms with Crippen molar-refractivity contribution in [1.82, 2.24) is 24.2 Å². The molecule has 1 unspecified atom stereocenters. The summed E-state index contributed by atoms with van der Waals surface area (Å²) in [5.74, 6) is 0.438. The number of piperidine rings is 1. The van der Waals surface area contributed by atoms with Gasteiger partial charge in [0.2, 0.25) is 0 Å². The fraction of sp³-hybridized carbons (Fsp3) is 0.476. The molecule has 1 atom stereocenters. The Morgan fingerprint density at radius 2 is 1.88 bits per heavy atom. The molecule has 176 valence electrons. The van der Waals surface area contributed by atoms with E-state index in [-0.39, 0.29) is 28.9 Å². The molecule has 2 aliphatic rings. The number of nitrogens with zero attached hydrogens (tertiary/aromatic N) is 6. The largest absolute Gasteiger partial charge is 0.384 e. The van der Waals surface area contributed by atoms with Crippen LogP contribution in [0.4, 0.5) is 10.5 Å². The van der Waals surface area contributed by atoms with Gasteiger partial charge in [-0.2, -0.15) is 4.31 Å². The Hall–Kier alpha value is -3.12. The van der Waals surface area contributed by atoms with Crippen LogP contribution in [0, 0.1) is 17.2 Å². The fourth-order valence-electron chi connectivity index (χ4n) is 4.40. The Bertz CT molecular complexity index is 1120. The molecule has 2 amide bonds. The van der Waals surface area contributed by atoms with E-state index in [4.69, 9.17) is 11.1 Å². The van der Waals surface area contributed by atoms with Crippen molar-refractivity contribution in [3.8, 4) is 0 Å². The lowest BCUT2D eigenvalue weighted by Crippen LogP contribution is -2.55. The number of amidine groups is 1. The quantitative estimate of drug-likeness (QED) is 0.473. The molecule has 0 radical (unpaired) electrons. The molecular weight excluding hydrogens is 444 g/mol. The molecule has 0 aliphatic carbocycles. The lowest BCUT2D eigenvalue weighted by molar-refractivity contribution is 0.154. The zero-order chi connectivity index (χ0) is 23.6. The minimum absolute atomic E-state index is 0.0370. The van der Waals surface area contributed by atoms with Crippen LogP contribution < -0.4 is 10.6 Å². The average molecular weight is 473 g/mol. The number of hydrogen-bond acceptors (Lipinski definition) is 7. The smallest absolute Gasteiger partial charge is 0.324 e. The van der Waals surface area contributed by atoms with Crippen LogP contribution in [0.3, 0.4) is 0 Å². The summed E-state index contributed by atoms with van der Waals surface area (Å²) in [4.78, 5) is 28.1. The zero-order valence-electron chi connectivity index (χ0n) is 18.5. The Kier molecular flexibility index (Phi) is 6.56. The van der Waals surface area contributed by atoms with E-state index in [1.807, 2.05) is 11.0 Å². The fourth-order valence-corrected chi connectivity index (χ4v) is 5.69. The minimum Gasteiger partial charge on any atom is -0.384 e. The van der Waals surface area contributed by atoms with Gasteiger partial charge in [0.25, 0.3) is 15.2 Å². The molecule has 4 rings (SSSR count). The van der Waals surface area contributed by atoms with Crippen LogP contribution >= 0.6 is 0 Å². The van der Waals surface area contributed by atoms with E-state index in [1.54, 1.807) is 23.1 Å². The lowest BCUT2D eigenvalue weighted by atomic mass is 9.96. The van der Waals surface area contributed by atoms with Crippen LogP contribution in [0.25, 0.3) is 0 Å². The zero-order valence-corrected chi connectivity index (χ0v) is 19.3. The number of aromatic nitrogens is 3. The number of carbonyl (C=O) groups is 1. The number of nitrogen functional groups attached to an aromatic ring is 1. The first-order valence-electron chi connectivity index (χ1n) is 10.9. The van der Waals surface area contributed by atoms with Crippen molar-refractivity contribution >= 4 is 27.6 Å². The van der Waals surface area contributed by atoms with Gasteiger partial charge in [-0.1, -0.05) is 19.1 Å². The van der Waals surface area contributed by atoms with Crippen LogP contribution in [0.1, 0.15) is 25.3 Å². The molecule has 3 N–H and O–H groups in total. The molecule has 2 fully saturated rings. The first kappa shape index (κ1) is 23.1. The molecule has 1 aromatic carbocycles. The highest BCUT2D eigenvalue weighted by atomic mass is 32.2. The maximum absolute atomic E-state index is 13.3. The van der Waals surface area contributed by atoms with Crippen molar-refractivity contribution < 1.29 is 13.2 Å². The highest BCUT2D eigenvalue weighted by Gasteiger charge is 2.35. The number of urea groups is 1. The van der Waals surface area contributed by atoms with E-state index in [0.717, 1.165) is 5.69 Å². The van der Waals surface area contributed by atoms with E-state index >= 15 is 0 Å². The van der Waals surface area contributed by atoms with Gasteiger partial charge in [0.1, 0.15) is 18.5 Å². The maximum Gasteiger partial charge on any atom is 0.324 e. The summed E-state index contributed by atoms with van der Waals surface area (Å²) in [6.07, 6.45) is 3.66. The topological polar surface area (TPSA) is 149 Å². The summed E-state index contributed by atoms with van der Waals surface area (Å²) in [5.41, 5.74) is 6.92. The summed E-state index contributed by atoms with van der Waals surface area (Å²) in [5, 5.41) is 7.43. The number of benzene rings is 1. The summed E-state index contributed by atoms with van der Waals surface area (Å²) < 4.78 is 26.9. The van der Waals surface area contributed by atoms with E-state index in [2.05, 4.69) is 21.9 Å². The SMILES string of the molecule is CC1CN(CC2CCN(S(=O)(=O)c3ncncn3)CC2)C(=O)N(c2cccc(C(=N)N)c2)C1. The van der Waals surface area contributed by atoms with Gasteiger partial charge in [0.15, 0.2) is 0 Å². The van der Waals surface area contributed by atoms with Gasteiger partial charge in [0, 0.05) is 44.0 Å². The third kappa shape index (κ3) is 4.96. The van der Waals surface area contributed by atoms with Gasteiger partial charge in [-0.15, -0.1) is 0 Å². The van der Waals surface area contributed by atoms with Crippen molar-refractivity contribution in [1.29, 1.82) is 5.41 Å². The summed E-state index contributed by atoms with van der Waals surface area (Å²) >= 11 is 0. The first-order valence-corrected chi connectivity index (χ1v) is 12.3. The molecule has 0 bridgehead atoms. The first-order chi connectivity index (χ1) is 15.8. The third-order valence-corrected chi connectivity index (χ3v) is 7.81. The van der Waals surface area contributed by atoms with E-state index < -0.39 is 10.0 Å². The Morgan fingerprint density at radius 1 is 1.18 bits per heavy atom. The molecule has 0 spiro atoms. The van der Waals surface area contributed by atoms with Crippen LogP contribution in [-0.4, -0.2) is 77.2 Å². The summed E-state index contributed by atoms with van der Waals surface area (Å²) in [7, 11) is -3.74. The molecule has 2 aromatic rings. The predicted octanol–water partition coefficient (Wildman–Crippen LogP) is 1.13. The van der Waals surface area contributed by atoms with Crippen molar-refractivity contribution in [2.75, 3.05) is 37.6 Å². The number of sulfonamides is 1. The molecular formula is C21H28N8O3S. The van der Waals surface area contributed by atoms with Crippen LogP contribution in [0.2, 0.25) is 0 Å². The molecule has 11 nitrogen and oxygen atoms in total. The maximum atomic E-state index is 13.3. The number of carbonyl (C=O) groups excluding carboxylic acids is 1. The molecule has 1 aromatic heterocycles. The minimum atomic E-state index is -3.74. The summed E-state index contributed by atoms with van der Waals surface area (Å²) in [6.45, 7) is 4.66. The second-order valence-electron chi connectivity index (χ2n) is 8.64. The van der Waals surface area contributed by atoms with Gasteiger partial charge in [-0.25, -0.2) is 28.2 Å². The summed E-state index contributed by atoms with van der Waals surface area (Å²) in [6, 6.07) is 7.09. The standard InChI is InChI=1S/C21H28N8O3S/c1-15-10-27(21(30)29(11-15)18-4-2-3-17(9-18)19(22)23)12-16-5-7-28(8-6-16)33(31,32)20-25-13-24-14-26-20/h2-4,9,13-16H,5-8,10-12H2,1H3,(H3,22,23). The van der Waals surface area contributed by atoms with Gasteiger partial charge >= 0.3 is 6.03 Å². The van der Waals surface area contributed by atoms with E-state index in [1.165, 1.54) is 17.0 Å². The Labute approximate surface area is 193 Å². The molecule has 0 saturated carbocycles. The van der Waals surface area contributed by atoms with Crippen molar-refractivity contribution in [3.05, 3.63) is 42.5 Å². The van der Waals surface area contributed by atoms with Gasteiger partial charge in [-0.3, -0.25) is 10.3 Å². The van der Waals surface area contributed by atoms with Gasteiger partial charge < -0.3 is 10.6 Å². The van der Waals surface area contributed by atoms with Crippen molar-refractivity contribution in [3.63, 3.8) is 0 Å². The highest BCUT2D eigenvalue weighted by molar-refractivity contribution is 7.88. The number of rotatable bonds is 6. The average Bonchev–Trinajstić information content (AvgIpc) is 2.82. The number of nitrogens with one attached hydrogen (secondary N) is 1. The molecule has 12 heteroatoms. The van der Waals surface area contributed by atoms with Crippen LogP contribution in [0.5, 0.6) is 0 Å². The van der Waals surface area contributed by atoms with Crippen molar-refractivity contribution in [2.24, 2.45) is 17.6 Å². The van der Waals surface area contributed by atoms with E-state index in [9.17, 15) is 13.2 Å². The van der Waals surface area contributed by atoms with Crippen LogP contribution in [-0.2, 0) is 10.0 Å². The molecule has 33 heavy (non-hydrogen) atoms. The molecule has 3 heterocycles. The van der Waals surface area contributed by atoms with E-state index in [0.29, 0.717) is 51.1 Å². The monoisotopic (exact) mass is 472 g/mol. The molecule has 2 aliphatic heterocycles. The number of hydrogen-bond donors (Lipinski definition) is 2. The second-order valence-corrected chi connectivity index (χ2v) is 10.5. The Morgan fingerprint density at radius 3 is 2.55 bits per heavy atom. The predicted molar refractivity (Wildman–Crippen MR) is 122 cm³/mol. The Balaban J connectivity index is 1.41. The number of anilines is 1. The normalized spacial score (nSPS) is 20.8. The number of amides is 2. The van der Waals surface area contributed by atoms with Crippen LogP contribution in [0.15, 0.2) is 42.1 Å². The van der Waals surface area contributed by atoms with Crippen molar-refractivity contribution in [2.45, 2.75) is 24.9 Å². The second kappa shape index (κ2) is 9.40. The third-order valence-electron chi connectivity index (χ3n) is 6.09.